The summed E-state index contributed by atoms with van der Waals surface area (Å²) in [7, 11) is 0. The van der Waals surface area contributed by atoms with Gasteiger partial charge in [-0.05, 0) is 32.1 Å². The van der Waals surface area contributed by atoms with Gasteiger partial charge in [0.05, 0.1) is 30.9 Å². The van der Waals surface area contributed by atoms with Crippen molar-refractivity contribution in [3.05, 3.63) is 0 Å². The zero-order chi connectivity index (χ0) is 19.1. The highest BCUT2D eigenvalue weighted by Crippen LogP contribution is 2.31. The SMILES string of the molecule is CC.CC1CCC[NH+](C2=NC3CC(C=O)CCC3N=C2SCC(=O)O)C1. The number of nitrogens with one attached hydrogen (secondary N) is 1. The summed E-state index contributed by atoms with van der Waals surface area (Å²) in [5, 5.41) is 9.83. The molecule has 2 N–H and O–H groups in total. The van der Waals surface area contributed by atoms with E-state index in [0.29, 0.717) is 5.92 Å². The largest absolute Gasteiger partial charge is 0.481 e. The molecule has 0 spiro atoms. The van der Waals surface area contributed by atoms with Crippen molar-refractivity contribution in [2.45, 2.75) is 65.0 Å². The second-order valence-corrected chi connectivity index (χ2v) is 8.21. The van der Waals surface area contributed by atoms with E-state index in [-0.39, 0.29) is 23.8 Å². The highest BCUT2D eigenvalue weighted by atomic mass is 32.2. The summed E-state index contributed by atoms with van der Waals surface area (Å²) >= 11 is 1.30. The molecule has 0 radical (unpaired) electrons. The standard InChI is InChI=1S/C17H25N3O3S.C2H6/c1-11-3-2-6-20(8-11)16-17(24-10-15(22)23)19-13-5-4-12(9-21)7-14(13)18-16;1-2/h9,11-14H,2-8,10H2,1H3,(H,22,23);1-2H3/p+1. The number of rotatable bonds is 3. The van der Waals surface area contributed by atoms with E-state index in [4.69, 9.17) is 15.1 Å². The van der Waals surface area contributed by atoms with E-state index < -0.39 is 5.97 Å². The molecular weight excluding hydrogens is 350 g/mol. The fraction of sp³-hybridized carbons (Fsp3) is 0.789. The van der Waals surface area contributed by atoms with E-state index in [1.807, 2.05) is 13.8 Å². The van der Waals surface area contributed by atoms with Crippen molar-refractivity contribution >= 4 is 34.9 Å². The number of carbonyl (C=O) groups is 2. The van der Waals surface area contributed by atoms with Gasteiger partial charge in [0.25, 0.3) is 5.84 Å². The summed E-state index contributed by atoms with van der Waals surface area (Å²) in [5.74, 6) is 0.884. The normalized spacial score (nSPS) is 33.7. The van der Waals surface area contributed by atoms with Crippen molar-refractivity contribution in [3.63, 3.8) is 0 Å². The van der Waals surface area contributed by atoms with Crippen LogP contribution in [0.4, 0.5) is 0 Å². The van der Waals surface area contributed by atoms with Crippen molar-refractivity contribution in [2.24, 2.45) is 21.8 Å². The van der Waals surface area contributed by atoms with Gasteiger partial charge in [0.1, 0.15) is 6.29 Å². The van der Waals surface area contributed by atoms with Gasteiger partial charge in [0.2, 0.25) is 0 Å². The second kappa shape index (κ2) is 10.2. The fourth-order valence-electron chi connectivity index (χ4n) is 3.99. The lowest BCUT2D eigenvalue weighted by Gasteiger charge is -2.35. The average molecular weight is 383 g/mol. The Labute approximate surface area is 160 Å². The molecule has 3 rings (SSSR count). The number of fused-ring (bicyclic) bond motifs is 1. The summed E-state index contributed by atoms with van der Waals surface area (Å²) < 4.78 is 0. The summed E-state index contributed by atoms with van der Waals surface area (Å²) in [6, 6.07) is 0.200. The molecule has 0 bridgehead atoms. The smallest absolute Gasteiger partial charge is 0.313 e. The zero-order valence-corrected chi connectivity index (χ0v) is 16.9. The Balaban J connectivity index is 0.00000117. The van der Waals surface area contributed by atoms with Crippen LogP contribution in [0.5, 0.6) is 0 Å². The molecule has 1 aliphatic carbocycles. The van der Waals surface area contributed by atoms with Gasteiger partial charge in [-0.1, -0.05) is 32.5 Å². The number of likely N-dealkylation sites (tertiary alicyclic amines) is 1. The van der Waals surface area contributed by atoms with Crippen LogP contribution in [0.3, 0.4) is 0 Å². The van der Waals surface area contributed by atoms with Gasteiger partial charge in [-0.2, -0.15) is 0 Å². The topological polar surface area (TPSA) is 83.5 Å². The Morgan fingerprint density at radius 2 is 2.04 bits per heavy atom. The van der Waals surface area contributed by atoms with Crippen LogP contribution >= 0.6 is 11.8 Å². The van der Waals surface area contributed by atoms with E-state index >= 15 is 0 Å². The first-order valence-corrected chi connectivity index (χ1v) is 10.9. The molecule has 1 saturated carbocycles. The van der Waals surface area contributed by atoms with Crippen LogP contribution in [0.25, 0.3) is 0 Å². The number of hydrogen-bond donors (Lipinski definition) is 2. The monoisotopic (exact) mass is 382 g/mol. The number of carboxylic acid groups (broad SMARTS) is 1. The van der Waals surface area contributed by atoms with Gasteiger partial charge in [-0.25, -0.2) is 4.99 Å². The van der Waals surface area contributed by atoms with Gasteiger partial charge >= 0.3 is 5.97 Å². The first kappa shape index (κ1) is 21.1. The van der Waals surface area contributed by atoms with E-state index in [9.17, 15) is 9.59 Å². The lowest BCUT2D eigenvalue weighted by molar-refractivity contribution is -0.813. The number of nitrogens with zero attached hydrogens (tertiary/aromatic N) is 2. The van der Waals surface area contributed by atoms with E-state index in [1.54, 1.807) is 0 Å². The number of aliphatic carboxylic acids is 1. The number of hydrogen-bond acceptors (Lipinski definition) is 5. The minimum atomic E-state index is -0.823. The highest BCUT2D eigenvalue weighted by molar-refractivity contribution is 8.16. The number of amidine groups is 1. The summed E-state index contributed by atoms with van der Waals surface area (Å²) in [5.41, 5.74) is 0. The van der Waals surface area contributed by atoms with Gasteiger partial charge < -0.3 is 9.90 Å². The van der Waals surface area contributed by atoms with Gasteiger partial charge in [0, 0.05) is 11.8 Å². The maximum atomic E-state index is 11.1. The van der Waals surface area contributed by atoms with Crippen LogP contribution in [0.1, 0.15) is 52.9 Å². The number of quaternary nitrogens is 1. The summed E-state index contributed by atoms with van der Waals surface area (Å²) in [6.45, 7) is 8.32. The van der Waals surface area contributed by atoms with Crippen molar-refractivity contribution in [3.8, 4) is 0 Å². The third-order valence-electron chi connectivity index (χ3n) is 5.23. The lowest BCUT2D eigenvalue weighted by Crippen LogP contribution is -3.17. The van der Waals surface area contributed by atoms with E-state index in [0.717, 1.165) is 55.9 Å². The quantitative estimate of drug-likeness (QED) is 0.728. The van der Waals surface area contributed by atoms with E-state index in [2.05, 4.69) is 6.92 Å². The molecule has 7 heteroatoms. The maximum Gasteiger partial charge on any atom is 0.313 e. The van der Waals surface area contributed by atoms with Crippen LogP contribution < -0.4 is 4.90 Å². The average Bonchev–Trinajstić information content (AvgIpc) is 2.66. The first-order chi connectivity index (χ1) is 12.6. The van der Waals surface area contributed by atoms with Crippen LogP contribution in [0.2, 0.25) is 0 Å². The third-order valence-corrected chi connectivity index (χ3v) is 6.20. The summed E-state index contributed by atoms with van der Waals surface area (Å²) in [6.07, 6.45) is 5.97. The molecule has 5 unspecified atom stereocenters. The fourth-order valence-corrected chi connectivity index (χ4v) is 4.79. The predicted molar refractivity (Wildman–Crippen MR) is 106 cm³/mol. The zero-order valence-electron chi connectivity index (χ0n) is 16.1. The molecule has 0 aromatic rings. The molecule has 146 valence electrons. The van der Waals surface area contributed by atoms with Crippen molar-refractivity contribution in [2.75, 3.05) is 18.8 Å². The van der Waals surface area contributed by atoms with Gasteiger partial charge in [0.15, 0.2) is 5.04 Å². The molecule has 2 aliphatic heterocycles. The number of carboxylic acids is 1. The van der Waals surface area contributed by atoms with E-state index in [1.165, 1.54) is 23.1 Å². The number of aliphatic imine (C=N–C) groups is 2. The molecule has 26 heavy (non-hydrogen) atoms. The van der Waals surface area contributed by atoms with Crippen LogP contribution in [0, 0.1) is 11.8 Å². The Hall–Kier alpha value is -1.21. The van der Waals surface area contributed by atoms with Crippen LogP contribution in [-0.2, 0) is 9.59 Å². The molecule has 2 fully saturated rings. The van der Waals surface area contributed by atoms with Crippen molar-refractivity contribution < 1.29 is 19.6 Å². The Morgan fingerprint density at radius 3 is 2.69 bits per heavy atom. The molecule has 0 aromatic heterocycles. The molecule has 0 aromatic carbocycles. The lowest BCUT2D eigenvalue weighted by atomic mass is 9.83. The third kappa shape index (κ3) is 5.39. The van der Waals surface area contributed by atoms with Crippen molar-refractivity contribution in [1.29, 1.82) is 0 Å². The van der Waals surface area contributed by atoms with Gasteiger partial charge in [-0.15, -0.1) is 0 Å². The Kier molecular flexibility index (Phi) is 8.28. The Bertz CT molecular complexity index is 564. The minimum absolute atomic E-state index is 0.0229. The molecular formula is C19H32N3O3S+. The number of aldehydes is 1. The molecule has 2 heterocycles. The number of thioether (sulfide) groups is 1. The molecule has 5 atom stereocenters. The molecule has 6 nitrogen and oxygen atoms in total. The first-order valence-electron chi connectivity index (χ1n) is 9.87. The summed E-state index contributed by atoms with van der Waals surface area (Å²) in [4.78, 5) is 33.3. The van der Waals surface area contributed by atoms with Gasteiger partial charge in [-0.3, -0.25) is 14.7 Å². The number of carbonyl (C=O) groups excluding carboxylic acids is 1. The predicted octanol–water partition coefficient (Wildman–Crippen LogP) is 1.69. The Morgan fingerprint density at radius 1 is 1.27 bits per heavy atom. The molecule has 0 amide bonds. The highest BCUT2D eigenvalue weighted by Gasteiger charge is 2.38. The van der Waals surface area contributed by atoms with Crippen LogP contribution in [-0.4, -0.2) is 59.2 Å². The molecule has 1 saturated heterocycles. The molecule has 3 aliphatic rings. The van der Waals surface area contributed by atoms with Crippen LogP contribution in [0.15, 0.2) is 9.98 Å². The second-order valence-electron chi connectivity index (χ2n) is 7.24. The number of piperidine rings is 1. The van der Waals surface area contributed by atoms with Crippen molar-refractivity contribution in [1.82, 2.24) is 0 Å². The minimum Gasteiger partial charge on any atom is -0.481 e. The maximum absolute atomic E-state index is 11.1.